The van der Waals surface area contributed by atoms with Gasteiger partial charge in [-0.15, -0.1) is 11.6 Å². The first-order valence-corrected chi connectivity index (χ1v) is 6.79. The van der Waals surface area contributed by atoms with Crippen molar-refractivity contribution in [2.75, 3.05) is 7.05 Å². The maximum Gasteiger partial charge on any atom is 0.291 e. The lowest BCUT2D eigenvalue weighted by Gasteiger charge is -2.34. The highest BCUT2D eigenvalue weighted by Crippen LogP contribution is 2.27. The lowest BCUT2D eigenvalue weighted by atomic mass is 9.94. The van der Waals surface area contributed by atoms with Gasteiger partial charge >= 0.3 is 0 Å². The van der Waals surface area contributed by atoms with Crippen molar-refractivity contribution >= 4 is 17.5 Å². The van der Waals surface area contributed by atoms with Gasteiger partial charge in [-0.05, 0) is 19.8 Å². The van der Waals surface area contributed by atoms with E-state index < -0.39 is 0 Å². The first-order chi connectivity index (χ1) is 8.50. The third-order valence-corrected chi connectivity index (χ3v) is 4.07. The van der Waals surface area contributed by atoms with E-state index in [-0.39, 0.29) is 17.3 Å². The van der Waals surface area contributed by atoms with Crippen LogP contribution >= 0.6 is 11.6 Å². The van der Waals surface area contributed by atoms with E-state index in [1.165, 1.54) is 0 Å². The van der Waals surface area contributed by atoms with Gasteiger partial charge in [0, 0.05) is 20.0 Å². The zero-order valence-corrected chi connectivity index (χ0v) is 11.8. The maximum absolute atomic E-state index is 12.4. The van der Waals surface area contributed by atoms with Gasteiger partial charge in [-0.3, -0.25) is 4.79 Å². The van der Waals surface area contributed by atoms with Crippen molar-refractivity contribution in [3.63, 3.8) is 0 Å². The van der Waals surface area contributed by atoms with Gasteiger partial charge in [-0.1, -0.05) is 12.8 Å². The second-order valence-corrected chi connectivity index (χ2v) is 5.49. The van der Waals surface area contributed by atoms with Crippen LogP contribution in [-0.2, 0) is 0 Å². The summed E-state index contributed by atoms with van der Waals surface area (Å²) < 4.78 is 5.38. The average Bonchev–Trinajstić information content (AvgIpc) is 2.67. The van der Waals surface area contributed by atoms with Crippen molar-refractivity contribution in [2.24, 2.45) is 0 Å². The summed E-state index contributed by atoms with van der Waals surface area (Å²) in [5, 5.41) is 0.0389. The number of alkyl halides is 1. The first kappa shape index (κ1) is 13.4. The molecule has 0 aromatic carbocycles. The Kier molecular flexibility index (Phi) is 3.95. The molecule has 0 spiro atoms. The zero-order chi connectivity index (χ0) is 13.3. The number of amides is 1. The Morgan fingerprint density at radius 2 is 2.06 bits per heavy atom. The summed E-state index contributed by atoms with van der Waals surface area (Å²) in [7, 11) is 1.80. The number of aryl methyl sites for hydroxylation is 2. The highest BCUT2D eigenvalue weighted by atomic mass is 35.5. The van der Waals surface area contributed by atoms with Gasteiger partial charge in [0.2, 0.25) is 5.76 Å². The van der Waals surface area contributed by atoms with E-state index in [9.17, 15) is 4.79 Å². The average molecular weight is 271 g/mol. The molecule has 1 saturated carbocycles. The molecule has 1 heterocycles. The van der Waals surface area contributed by atoms with E-state index in [0.29, 0.717) is 17.3 Å². The Morgan fingerprint density at radius 3 is 2.61 bits per heavy atom. The Labute approximate surface area is 112 Å². The van der Waals surface area contributed by atoms with Gasteiger partial charge in [-0.2, -0.15) is 0 Å². The third kappa shape index (κ3) is 2.53. The maximum atomic E-state index is 12.4. The number of nitrogens with zero attached hydrogens (tertiary/aromatic N) is 2. The minimum atomic E-state index is -0.120. The van der Waals surface area contributed by atoms with E-state index in [4.69, 9.17) is 16.0 Å². The molecule has 0 radical (unpaired) electrons. The van der Waals surface area contributed by atoms with Crippen LogP contribution in [-0.4, -0.2) is 34.3 Å². The zero-order valence-electron chi connectivity index (χ0n) is 11.1. The molecule has 1 amide bonds. The summed E-state index contributed by atoms with van der Waals surface area (Å²) in [5.74, 6) is 0.741. The van der Waals surface area contributed by atoms with E-state index in [0.717, 1.165) is 25.7 Å². The number of carbonyl (C=O) groups excluding carboxylic acids is 1. The summed E-state index contributed by atoms with van der Waals surface area (Å²) in [5.41, 5.74) is 0.645. The molecule has 0 N–H and O–H groups in total. The molecule has 2 rings (SSSR count). The van der Waals surface area contributed by atoms with Crippen molar-refractivity contribution in [3.8, 4) is 0 Å². The SMILES string of the molecule is Cc1nc(C)c(C(=O)N(C)C2CCCCC2Cl)o1. The van der Waals surface area contributed by atoms with Crippen LogP contribution in [0.2, 0.25) is 0 Å². The van der Waals surface area contributed by atoms with Gasteiger partial charge in [0.05, 0.1) is 11.1 Å². The van der Waals surface area contributed by atoms with E-state index in [2.05, 4.69) is 4.98 Å². The van der Waals surface area contributed by atoms with Crippen molar-refractivity contribution in [3.05, 3.63) is 17.3 Å². The number of carbonyl (C=O) groups is 1. The number of aromatic nitrogens is 1. The van der Waals surface area contributed by atoms with Crippen LogP contribution in [0, 0.1) is 13.8 Å². The smallest absolute Gasteiger partial charge is 0.291 e. The molecule has 0 bridgehead atoms. The lowest BCUT2D eigenvalue weighted by molar-refractivity contribution is 0.0666. The van der Waals surface area contributed by atoms with Crippen molar-refractivity contribution in [2.45, 2.75) is 50.9 Å². The van der Waals surface area contributed by atoms with Crippen LogP contribution in [0.1, 0.15) is 47.8 Å². The second kappa shape index (κ2) is 5.31. The fraction of sp³-hybridized carbons (Fsp3) is 0.692. The summed E-state index contributed by atoms with van der Waals surface area (Å²) in [6, 6.07) is 0.0951. The van der Waals surface area contributed by atoms with Crippen LogP contribution in [0.15, 0.2) is 4.42 Å². The van der Waals surface area contributed by atoms with Gasteiger partial charge in [0.25, 0.3) is 5.91 Å². The monoisotopic (exact) mass is 270 g/mol. The number of halogens is 1. The van der Waals surface area contributed by atoms with Gasteiger partial charge < -0.3 is 9.32 Å². The van der Waals surface area contributed by atoms with Crippen molar-refractivity contribution < 1.29 is 9.21 Å². The van der Waals surface area contributed by atoms with Crippen LogP contribution in [0.25, 0.3) is 0 Å². The van der Waals surface area contributed by atoms with Gasteiger partial charge in [0.1, 0.15) is 0 Å². The molecule has 2 atom stereocenters. The van der Waals surface area contributed by atoms with Gasteiger partial charge in [-0.25, -0.2) is 4.98 Å². The molecule has 5 heteroatoms. The molecule has 1 aromatic heterocycles. The molecule has 2 unspecified atom stereocenters. The lowest BCUT2D eigenvalue weighted by Crippen LogP contribution is -2.44. The summed E-state index contributed by atoms with van der Waals surface area (Å²) >= 11 is 6.31. The molecule has 0 aliphatic heterocycles. The summed E-state index contributed by atoms with van der Waals surface area (Å²) in [4.78, 5) is 18.2. The number of oxazole rings is 1. The van der Waals surface area contributed by atoms with Gasteiger partial charge in [0.15, 0.2) is 5.89 Å². The second-order valence-electron chi connectivity index (χ2n) is 4.93. The molecule has 1 aliphatic rings. The number of hydrogen-bond acceptors (Lipinski definition) is 3. The predicted molar refractivity (Wildman–Crippen MR) is 70.0 cm³/mol. The largest absolute Gasteiger partial charge is 0.436 e. The van der Waals surface area contributed by atoms with Crippen molar-refractivity contribution in [1.29, 1.82) is 0 Å². The van der Waals surface area contributed by atoms with Crippen LogP contribution in [0.3, 0.4) is 0 Å². The molecular formula is C13H19ClN2O2. The van der Waals surface area contributed by atoms with E-state index >= 15 is 0 Å². The number of rotatable bonds is 2. The Balaban J connectivity index is 2.15. The Morgan fingerprint density at radius 1 is 1.39 bits per heavy atom. The minimum Gasteiger partial charge on any atom is -0.436 e. The van der Waals surface area contributed by atoms with Crippen LogP contribution in [0.5, 0.6) is 0 Å². The quantitative estimate of drug-likeness (QED) is 0.777. The fourth-order valence-corrected chi connectivity index (χ4v) is 2.99. The topological polar surface area (TPSA) is 46.3 Å². The van der Waals surface area contributed by atoms with Crippen LogP contribution in [0.4, 0.5) is 0 Å². The third-order valence-electron chi connectivity index (χ3n) is 3.56. The molecule has 0 saturated heterocycles. The van der Waals surface area contributed by atoms with E-state index in [1.54, 1.807) is 25.8 Å². The highest BCUT2D eigenvalue weighted by Gasteiger charge is 2.31. The van der Waals surface area contributed by atoms with E-state index in [1.807, 2.05) is 0 Å². The summed E-state index contributed by atoms with van der Waals surface area (Å²) in [6.45, 7) is 3.53. The molecule has 1 aromatic rings. The van der Waals surface area contributed by atoms with Crippen molar-refractivity contribution in [1.82, 2.24) is 9.88 Å². The minimum absolute atomic E-state index is 0.0389. The predicted octanol–water partition coefficient (Wildman–Crippen LogP) is 2.91. The Hall–Kier alpha value is -1.03. The summed E-state index contributed by atoms with van der Waals surface area (Å²) in [6.07, 6.45) is 4.20. The number of hydrogen-bond donors (Lipinski definition) is 0. The highest BCUT2D eigenvalue weighted by molar-refractivity contribution is 6.21. The fourth-order valence-electron chi connectivity index (χ4n) is 2.54. The van der Waals surface area contributed by atoms with Crippen LogP contribution < -0.4 is 0 Å². The molecule has 4 nitrogen and oxygen atoms in total. The molecule has 1 aliphatic carbocycles. The normalized spacial score (nSPS) is 24.0. The molecule has 100 valence electrons. The standard InChI is InChI=1S/C13H19ClN2O2/c1-8-12(18-9(2)15-8)13(17)16(3)11-7-5-4-6-10(11)14/h10-11H,4-7H2,1-3H3. The first-order valence-electron chi connectivity index (χ1n) is 6.36. The Bertz CT molecular complexity index is 444. The molecular weight excluding hydrogens is 252 g/mol. The molecule has 1 fully saturated rings. The molecule has 18 heavy (non-hydrogen) atoms.